The Bertz CT molecular complexity index is 1190. The quantitative estimate of drug-likeness (QED) is 0.305. The van der Waals surface area contributed by atoms with Gasteiger partial charge in [0.2, 0.25) is 0 Å². The smallest absolute Gasteiger partial charge is 0.179 e. The van der Waals surface area contributed by atoms with Crippen LogP contribution in [0.5, 0.6) is 0 Å². The lowest BCUT2D eigenvalue weighted by molar-refractivity contribution is 0.0968. The van der Waals surface area contributed by atoms with Crippen LogP contribution in [0.4, 0.5) is 5.69 Å². The topological polar surface area (TPSA) is 77.2 Å². The number of carbonyl (C=O) groups is 1. The molecule has 0 spiro atoms. The molecule has 0 aliphatic heterocycles. The molecule has 3 N–H and O–H groups in total. The Labute approximate surface area is 163 Å². The van der Waals surface area contributed by atoms with Crippen LogP contribution < -0.4 is 11.2 Å². The van der Waals surface area contributed by atoms with Gasteiger partial charge in [0.25, 0.3) is 0 Å². The number of hydrogen-bond donors (Lipinski definition) is 2. The highest BCUT2D eigenvalue weighted by Crippen LogP contribution is 2.37. The third-order valence-corrected chi connectivity index (χ3v) is 4.79. The number of nitrogens with one attached hydrogen (secondary N) is 1. The molecule has 1 heterocycles. The third kappa shape index (κ3) is 3.11. The number of carbonyl (C=O) groups excluding carboxylic acids is 1. The van der Waals surface area contributed by atoms with E-state index in [1.807, 2.05) is 60.7 Å². The second-order valence-corrected chi connectivity index (χ2v) is 6.74. The summed E-state index contributed by atoms with van der Waals surface area (Å²) in [4.78, 5) is 22.9. The van der Waals surface area contributed by atoms with Crippen LogP contribution in [0.2, 0.25) is 0 Å². The molecule has 3 aromatic carbocycles. The van der Waals surface area contributed by atoms with Crippen LogP contribution in [0.25, 0.3) is 32.9 Å². The Hall–Kier alpha value is -3.28. The van der Waals surface area contributed by atoms with E-state index in [2.05, 4.69) is 11.5 Å². The fourth-order valence-corrected chi connectivity index (χ4v) is 3.49. The van der Waals surface area contributed by atoms with Crippen LogP contribution in [-0.4, -0.2) is 23.9 Å². The molecule has 0 unspecified atom stereocenters. The molecule has 0 fully saturated rings. The van der Waals surface area contributed by atoms with Crippen molar-refractivity contribution in [3.63, 3.8) is 0 Å². The Kier molecular flexibility index (Phi) is 4.77. The molecule has 5 nitrogen and oxygen atoms in total. The first-order chi connectivity index (χ1) is 13.6. The zero-order valence-corrected chi connectivity index (χ0v) is 15.8. The van der Waals surface area contributed by atoms with E-state index in [-0.39, 0.29) is 5.78 Å². The SMILES string of the molecule is CONc1ccccc1-c1c(C(=O)[C@H](C)N)ccc2nc3ccccc3cc12. The predicted octanol–water partition coefficient (Wildman–Crippen LogP) is 4.56. The van der Waals surface area contributed by atoms with Gasteiger partial charge in [-0.3, -0.25) is 15.1 Å². The van der Waals surface area contributed by atoms with Gasteiger partial charge < -0.3 is 5.73 Å². The minimum atomic E-state index is -0.604. The van der Waals surface area contributed by atoms with Gasteiger partial charge in [-0.25, -0.2) is 4.98 Å². The Morgan fingerprint density at radius 1 is 1.04 bits per heavy atom. The van der Waals surface area contributed by atoms with Crippen molar-refractivity contribution in [1.29, 1.82) is 0 Å². The van der Waals surface area contributed by atoms with E-state index in [0.29, 0.717) is 5.56 Å². The standard InChI is InChI=1S/C23H21N3O2/c1-14(24)23(27)17-11-12-20-18(13-15-7-3-5-9-19(15)25-20)22(17)16-8-4-6-10-21(16)26-28-2/h3-14,26H,24H2,1-2H3/t14-/m0/s1. The molecule has 140 valence electrons. The van der Waals surface area contributed by atoms with Crippen molar-refractivity contribution in [2.24, 2.45) is 5.73 Å². The summed E-state index contributed by atoms with van der Waals surface area (Å²) in [7, 11) is 1.56. The van der Waals surface area contributed by atoms with E-state index in [0.717, 1.165) is 38.6 Å². The van der Waals surface area contributed by atoms with Crippen LogP contribution in [0, 0.1) is 0 Å². The summed E-state index contributed by atoms with van der Waals surface area (Å²) in [6.07, 6.45) is 0. The van der Waals surface area contributed by atoms with E-state index in [1.165, 1.54) is 0 Å². The third-order valence-electron chi connectivity index (χ3n) is 4.79. The molecular weight excluding hydrogens is 350 g/mol. The van der Waals surface area contributed by atoms with Crippen LogP contribution >= 0.6 is 0 Å². The molecule has 4 rings (SSSR count). The zero-order chi connectivity index (χ0) is 19.7. The van der Waals surface area contributed by atoms with Crippen molar-refractivity contribution < 1.29 is 9.63 Å². The highest BCUT2D eigenvalue weighted by atomic mass is 16.6. The van der Waals surface area contributed by atoms with Gasteiger partial charge >= 0.3 is 0 Å². The highest BCUT2D eigenvalue weighted by Gasteiger charge is 2.21. The molecule has 0 saturated carbocycles. The van der Waals surface area contributed by atoms with Gasteiger partial charge in [-0.05, 0) is 37.3 Å². The van der Waals surface area contributed by atoms with Crippen molar-refractivity contribution in [1.82, 2.24) is 4.98 Å². The molecule has 0 radical (unpaired) electrons. The van der Waals surface area contributed by atoms with Gasteiger partial charge in [0.05, 0.1) is 29.9 Å². The predicted molar refractivity (Wildman–Crippen MR) is 113 cm³/mol. The van der Waals surface area contributed by atoms with Crippen LogP contribution in [0.3, 0.4) is 0 Å². The first-order valence-corrected chi connectivity index (χ1v) is 9.11. The van der Waals surface area contributed by atoms with Gasteiger partial charge in [0.1, 0.15) is 0 Å². The molecule has 0 saturated heterocycles. The largest absolute Gasteiger partial charge is 0.321 e. The summed E-state index contributed by atoms with van der Waals surface area (Å²) in [5.74, 6) is -0.114. The summed E-state index contributed by atoms with van der Waals surface area (Å²) >= 11 is 0. The van der Waals surface area contributed by atoms with Gasteiger partial charge in [-0.15, -0.1) is 0 Å². The lowest BCUT2D eigenvalue weighted by Crippen LogP contribution is -2.27. The number of pyridine rings is 1. The summed E-state index contributed by atoms with van der Waals surface area (Å²) < 4.78 is 0. The molecule has 4 aromatic rings. The van der Waals surface area contributed by atoms with Crippen LogP contribution in [0.1, 0.15) is 17.3 Å². The molecular formula is C23H21N3O2. The van der Waals surface area contributed by atoms with E-state index in [1.54, 1.807) is 14.0 Å². The number of nitrogens with zero attached hydrogens (tertiary/aromatic N) is 1. The number of nitrogens with two attached hydrogens (primary N) is 1. The number of fused-ring (bicyclic) bond motifs is 2. The fourth-order valence-electron chi connectivity index (χ4n) is 3.49. The van der Waals surface area contributed by atoms with Crippen molar-refractivity contribution in [2.45, 2.75) is 13.0 Å². The average molecular weight is 371 g/mol. The second kappa shape index (κ2) is 7.38. The number of aromatic nitrogens is 1. The number of Topliss-reactive ketones (excluding diaryl/α,β-unsaturated/α-hetero) is 1. The lowest BCUT2D eigenvalue weighted by atomic mass is 9.90. The number of para-hydroxylation sites is 2. The molecule has 1 atom stereocenters. The minimum absolute atomic E-state index is 0.114. The number of anilines is 1. The highest BCUT2D eigenvalue weighted by molar-refractivity contribution is 6.14. The summed E-state index contributed by atoms with van der Waals surface area (Å²) in [6.45, 7) is 1.70. The molecule has 0 bridgehead atoms. The number of benzene rings is 3. The lowest BCUT2D eigenvalue weighted by Gasteiger charge is -2.17. The Morgan fingerprint density at radius 3 is 2.57 bits per heavy atom. The Morgan fingerprint density at radius 2 is 1.79 bits per heavy atom. The van der Waals surface area contributed by atoms with E-state index in [9.17, 15) is 4.79 Å². The normalized spacial score (nSPS) is 12.2. The molecule has 28 heavy (non-hydrogen) atoms. The van der Waals surface area contributed by atoms with Gasteiger partial charge in [-0.2, -0.15) is 0 Å². The second-order valence-electron chi connectivity index (χ2n) is 6.74. The first kappa shape index (κ1) is 18.1. The fraction of sp³-hybridized carbons (Fsp3) is 0.130. The van der Waals surface area contributed by atoms with Crippen molar-refractivity contribution in [3.8, 4) is 11.1 Å². The van der Waals surface area contributed by atoms with Crippen LogP contribution in [-0.2, 0) is 4.84 Å². The monoisotopic (exact) mass is 371 g/mol. The number of rotatable bonds is 5. The van der Waals surface area contributed by atoms with Gasteiger partial charge in [0.15, 0.2) is 5.78 Å². The molecule has 0 aliphatic rings. The maximum absolute atomic E-state index is 12.9. The van der Waals surface area contributed by atoms with E-state index < -0.39 is 6.04 Å². The zero-order valence-electron chi connectivity index (χ0n) is 15.8. The number of hydrogen-bond acceptors (Lipinski definition) is 5. The van der Waals surface area contributed by atoms with Gasteiger partial charge in [-0.1, -0.05) is 36.4 Å². The summed E-state index contributed by atoms with van der Waals surface area (Å²) in [6, 6.07) is 20.8. The molecule has 0 amide bonds. The average Bonchev–Trinajstić information content (AvgIpc) is 2.71. The molecule has 1 aromatic heterocycles. The van der Waals surface area contributed by atoms with E-state index in [4.69, 9.17) is 15.6 Å². The molecule has 0 aliphatic carbocycles. The van der Waals surface area contributed by atoms with Gasteiger partial charge in [0, 0.05) is 27.5 Å². The molecule has 5 heteroatoms. The maximum atomic E-state index is 12.9. The van der Waals surface area contributed by atoms with E-state index >= 15 is 0 Å². The van der Waals surface area contributed by atoms with Crippen molar-refractivity contribution in [3.05, 3.63) is 72.3 Å². The first-order valence-electron chi connectivity index (χ1n) is 9.11. The Balaban J connectivity index is 2.12. The minimum Gasteiger partial charge on any atom is -0.321 e. The summed E-state index contributed by atoms with van der Waals surface area (Å²) in [5, 5.41) is 1.91. The number of ketones is 1. The summed E-state index contributed by atoms with van der Waals surface area (Å²) in [5.41, 5.74) is 13.6. The van der Waals surface area contributed by atoms with Crippen molar-refractivity contribution in [2.75, 3.05) is 12.6 Å². The maximum Gasteiger partial charge on any atom is 0.179 e. The van der Waals surface area contributed by atoms with Crippen molar-refractivity contribution >= 4 is 33.3 Å². The van der Waals surface area contributed by atoms with Crippen LogP contribution in [0.15, 0.2) is 66.7 Å².